The van der Waals surface area contributed by atoms with E-state index in [1.807, 2.05) is 6.07 Å². The molecule has 0 unspecified atom stereocenters. The van der Waals surface area contributed by atoms with Crippen molar-refractivity contribution in [1.29, 1.82) is 0 Å². The maximum Gasteiger partial charge on any atom is 0.319 e. The Balaban J connectivity index is 1.91. The van der Waals surface area contributed by atoms with Crippen molar-refractivity contribution in [1.82, 2.24) is 15.3 Å². The fourth-order valence-corrected chi connectivity index (χ4v) is 1.86. The van der Waals surface area contributed by atoms with E-state index in [4.69, 9.17) is 23.2 Å². The monoisotopic (exact) mass is 296 g/mol. The van der Waals surface area contributed by atoms with Crippen LogP contribution >= 0.6 is 23.2 Å². The minimum absolute atomic E-state index is 0.218. The van der Waals surface area contributed by atoms with Crippen LogP contribution in [0.4, 0.5) is 10.5 Å². The van der Waals surface area contributed by atoms with Gasteiger partial charge < -0.3 is 10.6 Å². The zero-order valence-electron chi connectivity index (χ0n) is 9.73. The van der Waals surface area contributed by atoms with E-state index in [0.29, 0.717) is 12.2 Å². The number of urea groups is 1. The molecule has 2 N–H and O–H groups in total. The molecule has 0 saturated heterocycles. The second kappa shape index (κ2) is 6.36. The summed E-state index contributed by atoms with van der Waals surface area (Å²) in [5.74, 6) is 0. The summed E-state index contributed by atoms with van der Waals surface area (Å²) in [4.78, 5) is 19.4. The molecule has 2 heterocycles. The molecule has 0 spiro atoms. The zero-order valence-corrected chi connectivity index (χ0v) is 11.2. The van der Waals surface area contributed by atoms with Crippen LogP contribution in [0.15, 0.2) is 36.7 Å². The Labute approximate surface area is 120 Å². The number of aromatic nitrogens is 2. The van der Waals surface area contributed by atoms with Crippen LogP contribution in [0.3, 0.4) is 0 Å². The van der Waals surface area contributed by atoms with Gasteiger partial charge in [-0.3, -0.25) is 4.98 Å². The fraction of sp³-hybridized carbons (Fsp3) is 0.0833. The molecule has 0 aromatic carbocycles. The van der Waals surface area contributed by atoms with Crippen LogP contribution in [-0.2, 0) is 6.54 Å². The van der Waals surface area contributed by atoms with Crippen molar-refractivity contribution >= 4 is 34.9 Å². The molecule has 2 aromatic rings. The summed E-state index contributed by atoms with van der Waals surface area (Å²) in [6, 6.07) is 6.33. The molecule has 0 aliphatic carbocycles. The third-order valence-electron chi connectivity index (χ3n) is 2.20. The highest BCUT2D eigenvalue weighted by atomic mass is 35.5. The number of nitrogens with one attached hydrogen (secondary N) is 2. The van der Waals surface area contributed by atoms with E-state index < -0.39 is 0 Å². The van der Waals surface area contributed by atoms with E-state index in [9.17, 15) is 4.79 Å². The second-order valence-corrected chi connectivity index (χ2v) is 4.44. The van der Waals surface area contributed by atoms with E-state index in [0.717, 1.165) is 5.56 Å². The lowest BCUT2D eigenvalue weighted by atomic mass is 10.3. The van der Waals surface area contributed by atoms with Crippen molar-refractivity contribution in [3.05, 3.63) is 52.5 Å². The molecule has 7 heteroatoms. The number of amides is 2. The van der Waals surface area contributed by atoms with Crippen LogP contribution in [-0.4, -0.2) is 16.0 Å². The van der Waals surface area contributed by atoms with Crippen LogP contribution < -0.4 is 10.6 Å². The molecule has 0 bridgehead atoms. The molecule has 0 saturated carbocycles. The first-order valence-electron chi connectivity index (χ1n) is 5.40. The van der Waals surface area contributed by atoms with E-state index in [-0.39, 0.29) is 16.3 Å². The minimum Gasteiger partial charge on any atom is -0.334 e. The first kappa shape index (κ1) is 13.6. The average Bonchev–Trinajstić information content (AvgIpc) is 2.36. The van der Waals surface area contributed by atoms with E-state index in [1.165, 1.54) is 12.1 Å². The lowest BCUT2D eigenvalue weighted by Crippen LogP contribution is -2.28. The Kier molecular flexibility index (Phi) is 4.54. The summed E-state index contributed by atoms with van der Waals surface area (Å²) >= 11 is 11.5. The van der Waals surface area contributed by atoms with Gasteiger partial charge in [0.1, 0.15) is 10.3 Å². The van der Waals surface area contributed by atoms with Gasteiger partial charge >= 0.3 is 6.03 Å². The molecule has 0 aliphatic rings. The Morgan fingerprint density at radius 3 is 2.63 bits per heavy atom. The third-order valence-corrected chi connectivity index (χ3v) is 2.58. The minimum atomic E-state index is -0.359. The molecule has 0 aliphatic heterocycles. The molecule has 2 amide bonds. The Bertz CT molecular complexity index is 557. The summed E-state index contributed by atoms with van der Waals surface area (Å²) < 4.78 is 0. The molecular weight excluding hydrogens is 287 g/mol. The van der Waals surface area contributed by atoms with Crippen LogP contribution in [0.2, 0.25) is 10.3 Å². The number of pyridine rings is 2. The Hall–Kier alpha value is -1.85. The van der Waals surface area contributed by atoms with Gasteiger partial charge in [-0.15, -0.1) is 0 Å². The number of hydrogen-bond donors (Lipinski definition) is 2. The summed E-state index contributed by atoms with van der Waals surface area (Å²) in [6.45, 7) is 0.381. The summed E-state index contributed by atoms with van der Waals surface area (Å²) in [5.41, 5.74) is 1.39. The lowest BCUT2D eigenvalue weighted by molar-refractivity contribution is 0.251. The number of carbonyl (C=O) groups is 1. The first-order chi connectivity index (χ1) is 9.13. The maximum atomic E-state index is 11.7. The molecule has 19 heavy (non-hydrogen) atoms. The Morgan fingerprint density at radius 1 is 1.26 bits per heavy atom. The molecule has 0 radical (unpaired) electrons. The van der Waals surface area contributed by atoms with Crippen LogP contribution in [0.1, 0.15) is 5.56 Å². The van der Waals surface area contributed by atoms with E-state index in [1.54, 1.807) is 18.5 Å². The standard InChI is InChI=1S/C12H10Cl2N4O/c13-10-4-9(5-11(14)18-10)17-12(19)16-7-8-2-1-3-15-6-8/h1-6H,7H2,(H2,16,17,18,19). The summed E-state index contributed by atoms with van der Waals surface area (Å²) in [6.07, 6.45) is 3.35. The van der Waals surface area contributed by atoms with Gasteiger partial charge in [0.15, 0.2) is 0 Å². The Morgan fingerprint density at radius 2 is 2.00 bits per heavy atom. The van der Waals surface area contributed by atoms with Crippen LogP contribution in [0.25, 0.3) is 0 Å². The van der Waals surface area contributed by atoms with Gasteiger partial charge in [0.25, 0.3) is 0 Å². The van der Waals surface area contributed by atoms with Gasteiger partial charge in [0.05, 0.1) is 0 Å². The average molecular weight is 297 g/mol. The van der Waals surface area contributed by atoms with Gasteiger partial charge in [0, 0.05) is 24.6 Å². The molecule has 5 nitrogen and oxygen atoms in total. The second-order valence-electron chi connectivity index (χ2n) is 3.67. The predicted octanol–water partition coefficient (Wildman–Crippen LogP) is 3.11. The van der Waals surface area contributed by atoms with Gasteiger partial charge in [-0.25, -0.2) is 9.78 Å². The number of anilines is 1. The van der Waals surface area contributed by atoms with Crippen molar-refractivity contribution in [2.24, 2.45) is 0 Å². The summed E-state index contributed by atoms with van der Waals surface area (Å²) in [7, 11) is 0. The highest BCUT2D eigenvalue weighted by molar-refractivity contribution is 6.32. The number of halogens is 2. The molecule has 2 aromatic heterocycles. The van der Waals surface area contributed by atoms with Crippen molar-refractivity contribution in [3.8, 4) is 0 Å². The first-order valence-corrected chi connectivity index (χ1v) is 6.16. The lowest BCUT2D eigenvalue weighted by Gasteiger charge is -2.08. The van der Waals surface area contributed by atoms with E-state index in [2.05, 4.69) is 20.6 Å². The SMILES string of the molecule is O=C(NCc1cccnc1)Nc1cc(Cl)nc(Cl)c1. The van der Waals surface area contributed by atoms with Gasteiger partial charge in [-0.05, 0) is 23.8 Å². The molecular formula is C12H10Cl2N4O. The molecule has 98 valence electrons. The van der Waals surface area contributed by atoms with Crippen molar-refractivity contribution in [3.63, 3.8) is 0 Å². The fourth-order valence-electron chi connectivity index (χ4n) is 1.40. The largest absolute Gasteiger partial charge is 0.334 e. The van der Waals surface area contributed by atoms with Crippen LogP contribution in [0.5, 0.6) is 0 Å². The van der Waals surface area contributed by atoms with Crippen molar-refractivity contribution < 1.29 is 4.79 Å². The predicted molar refractivity (Wildman–Crippen MR) is 74.4 cm³/mol. The number of carbonyl (C=O) groups excluding carboxylic acids is 1. The summed E-state index contributed by atoms with van der Waals surface area (Å²) in [5, 5.41) is 5.74. The normalized spacial score (nSPS) is 10.0. The highest BCUT2D eigenvalue weighted by Gasteiger charge is 2.04. The highest BCUT2D eigenvalue weighted by Crippen LogP contribution is 2.18. The topological polar surface area (TPSA) is 66.9 Å². The van der Waals surface area contributed by atoms with Gasteiger partial charge in [-0.2, -0.15) is 0 Å². The molecule has 0 atom stereocenters. The van der Waals surface area contributed by atoms with Gasteiger partial charge in [-0.1, -0.05) is 29.3 Å². The molecule has 0 fully saturated rings. The molecule has 2 rings (SSSR count). The van der Waals surface area contributed by atoms with Crippen LogP contribution in [0, 0.1) is 0 Å². The third kappa shape index (κ3) is 4.39. The number of rotatable bonds is 3. The quantitative estimate of drug-likeness (QED) is 0.855. The van der Waals surface area contributed by atoms with Crippen molar-refractivity contribution in [2.45, 2.75) is 6.54 Å². The van der Waals surface area contributed by atoms with E-state index >= 15 is 0 Å². The maximum absolute atomic E-state index is 11.7. The number of hydrogen-bond acceptors (Lipinski definition) is 3. The zero-order chi connectivity index (χ0) is 13.7. The van der Waals surface area contributed by atoms with Gasteiger partial charge in [0.2, 0.25) is 0 Å². The smallest absolute Gasteiger partial charge is 0.319 e. The number of nitrogens with zero attached hydrogens (tertiary/aromatic N) is 2. The van der Waals surface area contributed by atoms with Crippen molar-refractivity contribution in [2.75, 3.05) is 5.32 Å².